The van der Waals surface area contributed by atoms with Crippen molar-refractivity contribution >= 4 is 51.6 Å². The second-order valence-corrected chi connectivity index (χ2v) is 6.71. The molecule has 5 nitrogen and oxygen atoms in total. The Bertz CT molecular complexity index is 514. The van der Waals surface area contributed by atoms with Crippen LogP contribution in [0.3, 0.4) is 0 Å². The van der Waals surface area contributed by atoms with E-state index in [1.54, 1.807) is 11.4 Å². The number of halogens is 1. The van der Waals surface area contributed by atoms with Crippen LogP contribution in [0.15, 0.2) is 11.4 Å². The second-order valence-electron chi connectivity index (χ2n) is 3.91. The number of rotatable bonds is 2. The molecule has 1 atom stereocenters. The lowest BCUT2D eigenvalue weighted by atomic mass is 10.1. The molecule has 1 fully saturated rings. The van der Waals surface area contributed by atoms with E-state index in [1.165, 1.54) is 16.2 Å². The van der Waals surface area contributed by atoms with Crippen LogP contribution in [0.2, 0.25) is 0 Å². The van der Waals surface area contributed by atoms with Gasteiger partial charge in [0.25, 0.3) is 5.91 Å². The highest BCUT2D eigenvalue weighted by Gasteiger charge is 2.36. The maximum absolute atomic E-state index is 12.3. The Morgan fingerprint density at radius 1 is 1.61 bits per heavy atom. The smallest absolute Gasteiger partial charge is 0.255 e. The molecule has 1 saturated heterocycles. The summed E-state index contributed by atoms with van der Waals surface area (Å²) >= 11 is 3.59. The first-order valence-corrected chi connectivity index (χ1v) is 7.37. The summed E-state index contributed by atoms with van der Waals surface area (Å²) in [5.74, 6) is -1.08. The van der Waals surface area contributed by atoms with Gasteiger partial charge < -0.3 is 4.90 Å². The quantitative estimate of drug-likeness (QED) is 0.622. The molecule has 0 bridgehead atoms. The number of imide groups is 1. The third kappa shape index (κ3) is 2.56. The molecule has 1 N–H and O–H groups in total. The van der Waals surface area contributed by atoms with Crippen LogP contribution in [0.4, 0.5) is 0 Å². The van der Waals surface area contributed by atoms with Gasteiger partial charge in [-0.25, -0.2) is 0 Å². The van der Waals surface area contributed by atoms with Crippen LogP contribution in [0.25, 0.3) is 0 Å². The van der Waals surface area contributed by atoms with Crippen molar-refractivity contribution in [1.29, 1.82) is 0 Å². The zero-order valence-electron chi connectivity index (χ0n) is 9.60. The van der Waals surface area contributed by atoms with Crippen molar-refractivity contribution in [1.82, 2.24) is 10.2 Å². The molecular weight excluding hydrogens is 367 g/mol. The first-order chi connectivity index (χ1) is 8.52. The zero-order valence-corrected chi connectivity index (χ0v) is 12.6. The van der Waals surface area contributed by atoms with Gasteiger partial charge in [-0.15, -0.1) is 11.3 Å². The lowest BCUT2D eigenvalue weighted by Crippen LogP contribution is -2.59. The number of hydrogen-bond donors (Lipinski definition) is 1. The predicted molar refractivity (Wildman–Crippen MR) is 75.3 cm³/mol. The summed E-state index contributed by atoms with van der Waals surface area (Å²) in [6.07, 6.45) is 0.492. The van der Waals surface area contributed by atoms with Crippen molar-refractivity contribution in [2.24, 2.45) is 0 Å². The van der Waals surface area contributed by atoms with Crippen molar-refractivity contribution in [3.05, 3.63) is 19.9 Å². The lowest BCUT2D eigenvalue weighted by molar-refractivity contribution is -0.138. The van der Waals surface area contributed by atoms with Crippen LogP contribution in [-0.2, 0) is 9.59 Å². The number of carbonyl (C=O) groups is 3. The molecule has 0 saturated carbocycles. The normalized spacial score (nSPS) is 19.9. The van der Waals surface area contributed by atoms with E-state index >= 15 is 0 Å². The molecule has 2 heterocycles. The number of nitrogens with zero attached hydrogens (tertiary/aromatic N) is 1. The molecule has 96 valence electrons. The standard InChI is InChI=1S/C11H11IN2O3S/c1-2-7-10(16)13-9(15)4-14(7)11(17)6-3-8(12)18-5-6/h3,5,7H,2,4H2,1H3,(H,13,15,16). The molecule has 1 aromatic rings. The second kappa shape index (κ2) is 5.35. The molecule has 0 spiro atoms. The summed E-state index contributed by atoms with van der Waals surface area (Å²) in [6.45, 7) is 1.76. The largest absolute Gasteiger partial charge is 0.317 e. The third-order valence-electron chi connectivity index (χ3n) is 2.72. The van der Waals surface area contributed by atoms with Gasteiger partial charge in [-0.3, -0.25) is 19.7 Å². The summed E-state index contributed by atoms with van der Waals surface area (Å²) in [6, 6.07) is 1.20. The predicted octanol–water partition coefficient (Wildman–Crippen LogP) is 1.23. The van der Waals surface area contributed by atoms with Crippen LogP contribution >= 0.6 is 33.9 Å². The summed E-state index contributed by atoms with van der Waals surface area (Å²) in [7, 11) is 0. The topological polar surface area (TPSA) is 66.5 Å². The van der Waals surface area contributed by atoms with Gasteiger partial charge in [0.1, 0.15) is 12.6 Å². The molecule has 0 aliphatic carbocycles. The fraction of sp³-hybridized carbons (Fsp3) is 0.364. The van der Waals surface area contributed by atoms with E-state index in [0.717, 1.165) is 2.88 Å². The van der Waals surface area contributed by atoms with E-state index in [9.17, 15) is 14.4 Å². The van der Waals surface area contributed by atoms with E-state index < -0.39 is 17.9 Å². The molecule has 1 aliphatic heterocycles. The zero-order chi connectivity index (χ0) is 13.3. The number of carbonyl (C=O) groups excluding carboxylic acids is 3. The maximum Gasteiger partial charge on any atom is 0.255 e. The van der Waals surface area contributed by atoms with Crippen LogP contribution < -0.4 is 5.32 Å². The Labute approximate surface area is 122 Å². The Morgan fingerprint density at radius 2 is 2.33 bits per heavy atom. The fourth-order valence-corrected chi connectivity index (χ4v) is 3.19. The molecule has 3 amide bonds. The minimum atomic E-state index is -0.562. The highest BCUT2D eigenvalue weighted by molar-refractivity contribution is 14.1. The molecule has 1 aliphatic rings. The van der Waals surface area contributed by atoms with Crippen molar-refractivity contribution in [2.75, 3.05) is 6.54 Å². The molecule has 18 heavy (non-hydrogen) atoms. The van der Waals surface area contributed by atoms with Crippen LogP contribution in [0, 0.1) is 2.88 Å². The van der Waals surface area contributed by atoms with Crippen LogP contribution in [-0.4, -0.2) is 35.2 Å². The monoisotopic (exact) mass is 378 g/mol. The summed E-state index contributed by atoms with van der Waals surface area (Å²) in [4.78, 5) is 36.6. The van der Waals surface area contributed by atoms with Gasteiger partial charge in [-0.05, 0) is 35.1 Å². The summed E-state index contributed by atoms with van der Waals surface area (Å²) in [5.41, 5.74) is 0.533. The molecule has 1 aromatic heterocycles. The highest BCUT2D eigenvalue weighted by Crippen LogP contribution is 2.20. The maximum atomic E-state index is 12.3. The van der Waals surface area contributed by atoms with Gasteiger partial charge in [0, 0.05) is 5.38 Å². The SMILES string of the molecule is CCC1C(=O)NC(=O)CN1C(=O)c1csc(I)c1. The van der Waals surface area contributed by atoms with E-state index in [-0.39, 0.29) is 12.5 Å². The third-order valence-corrected chi connectivity index (χ3v) is 4.51. The van der Waals surface area contributed by atoms with E-state index in [4.69, 9.17) is 0 Å². The number of amides is 3. The number of thiophene rings is 1. The average molecular weight is 378 g/mol. The lowest BCUT2D eigenvalue weighted by Gasteiger charge is -2.33. The van der Waals surface area contributed by atoms with Crippen molar-refractivity contribution in [3.63, 3.8) is 0 Å². The summed E-state index contributed by atoms with van der Waals surface area (Å²) in [5, 5.41) is 4.00. The Kier molecular flexibility index (Phi) is 4.00. The number of nitrogens with one attached hydrogen (secondary N) is 1. The van der Waals surface area contributed by atoms with Gasteiger partial charge in [0.05, 0.1) is 8.45 Å². The molecule has 1 unspecified atom stereocenters. The van der Waals surface area contributed by atoms with Gasteiger partial charge in [0.2, 0.25) is 11.8 Å². The molecule has 0 aromatic carbocycles. The Balaban J connectivity index is 2.26. The molecule has 2 rings (SSSR count). The number of piperazine rings is 1. The van der Waals surface area contributed by atoms with E-state index in [0.29, 0.717) is 12.0 Å². The van der Waals surface area contributed by atoms with Gasteiger partial charge >= 0.3 is 0 Å². The molecular formula is C11H11IN2O3S. The highest BCUT2D eigenvalue weighted by atomic mass is 127. The minimum absolute atomic E-state index is 0.0600. The Hall–Kier alpha value is -0.960. The summed E-state index contributed by atoms with van der Waals surface area (Å²) < 4.78 is 0.997. The molecule has 0 radical (unpaired) electrons. The first-order valence-electron chi connectivity index (χ1n) is 5.41. The number of hydrogen-bond acceptors (Lipinski definition) is 4. The van der Waals surface area contributed by atoms with Crippen LogP contribution in [0.1, 0.15) is 23.7 Å². The van der Waals surface area contributed by atoms with Crippen LogP contribution in [0.5, 0.6) is 0 Å². The molecule has 7 heteroatoms. The van der Waals surface area contributed by atoms with E-state index in [2.05, 4.69) is 27.9 Å². The van der Waals surface area contributed by atoms with E-state index in [1.807, 2.05) is 6.92 Å². The van der Waals surface area contributed by atoms with Crippen molar-refractivity contribution in [2.45, 2.75) is 19.4 Å². The van der Waals surface area contributed by atoms with Gasteiger partial charge in [-0.2, -0.15) is 0 Å². The van der Waals surface area contributed by atoms with Crippen molar-refractivity contribution in [3.8, 4) is 0 Å². The fourth-order valence-electron chi connectivity index (χ4n) is 1.87. The van der Waals surface area contributed by atoms with Crippen molar-refractivity contribution < 1.29 is 14.4 Å². The first kappa shape index (κ1) is 13.5. The van der Waals surface area contributed by atoms with Gasteiger partial charge in [0.15, 0.2) is 0 Å². The Morgan fingerprint density at radius 3 is 2.89 bits per heavy atom. The minimum Gasteiger partial charge on any atom is -0.317 e. The van der Waals surface area contributed by atoms with Gasteiger partial charge in [-0.1, -0.05) is 6.92 Å². The average Bonchev–Trinajstić information content (AvgIpc) is 2.74.